The van der Waals surface area contributed by atoms with Crippen molar-refractivity contribution in [2.75, 3.05) is 20.2 Å². The van der Waals surface area contributed by atoms with Crippen LogP contribution in [0.3, 0.4) is 0 Å². The number of esters is 1. The lowest BCUT2D eigenvalue weighted by atomic mass is 9.99. The van der Waals surface area contributed by atoms with Crippen LogP contribution in [0.2, 0.25) is 0 Å². The van der Waals surface area contributed by atoms with Gasteiger partial charge < -0.3 is 14.4 Å². The van der Waals surface area contributed by atoms with E-state index >= 15 is 0 Å². The molecule has 8 nitrogen and oxygen atoms in total. The van der Waals surface area contributed by atoms with Crippen LogP contribution in [-0.2, 0) is 16.1 Å². The number of benzene rings is 2. The van der Waals surface area contributed by atoms with Gasteiger partial charge in [0.05, 0.1) is 24.8 Å². The van der Waals surface area contributed by atoms with Crippen molar-refractivity contribution >= 4 is 23.7 Å². The molecule has 2 aromatic rings. The average molecular weight is 465 g/mol. The van der Waals surface area contributed by atoms with Gasteiger partial charge in [0.15, 0.2) is 6.10 Å². The number of likely N-dealkylation sites (tertiary alicyclic amines) is 1. The second-order valence-corrected chi connectivity index (χ2v) is 8.83. The molecule has 1 fully saturated rings. The van der Waals surface area contributed by atoms with Gasteiger partial charge >= 0.3 is 5.97 Å². The maximum Gasteiger partial charge on any atom is 0.342 e. The van der Waals surface area contributed by atoms with Crippen molar-refractivity contribution in [2.45, 2.75) is 39.3 Å². The highest BCUT2D eigenvalue weighted by molar-refractivity contribution is 6.21. The zero-order valence-corrected chi connectivity index (χ0v) is 19.6. The molecular formula is C26H28N2O6. The van der Waals surface area contributed by atoms with Crippen LogP contribution >= 0.6 is 0 Å². The fourth-order valence-electron chi connectivity index (χ4n) is 4.34. The van der Waals surface area contributed by atoms with Crippen molar-refractivity contribution in [3.05, 3.63) is 64.7 Å². The molecular weight excluding hydrogens is 436 g/mol. The zero-order chi connectivity index (χ0) is 24.4. The van der Waals surface area contributed by atoms with Crippen molar-refractivity contribution in [1.29, 1.82) is 0 Å². The molecule has 2 aromatic carbocycles. The summed E-state index contributed by atoms with van der Waals surface area (Å²) in [7, 11) is 1.43. The maximum absolute atomic E-state index is 13.0. The van der Waals surface area contributed by atoms with E-state index in [-0.39, 0.29) is 35.6 Å². The van der Waals surface area contributed by atoms with Crippen LogP contribution in [0.5, 0.6) is 5.75 Å². The molecule has 1 atom stereocenters. The van der Waals surface area contributed by atoms with Crippen LogP contribution in [0.25, 0.3) is 0 Å². The highest BCUT2D eigenvalue weighted by Gasteiger charge is 2.35. The monoisotopic (exact) mass is 464 g/mol. The van der Waals surface area contributed by atoms with Gasteiger partial charge in [-0.15, -0.1) is 0 Å². The van der Waals surface area contributed by atoms with Gasteiger partial charge in [0.25, 0.3) is 17.7 Å². The molecule has 0 radical (unpaired) electrons. The Kier molecular flexibility index (Phi) is 6.68. The molecule has 2 heterocycles. The van der Waals surface area contributed by atoms with Gasteiger partial charge in [-0.25, -0.2) is 4.79 Å². The molecule has 2 aliphatic heterocycles. The van der Waals surface area contributed by atoms with Crippen molar-refractivity contribution in [3.63, 3.8) is 0 Å². The van der Waals surface area contributed by atoms with E-state index in [1.54, 1.807) is 48.2 Å². The summed E-state index contributed by atoms with van der Waals surface area (Å²) in [4.78, 5) is 53.9. The van der Waals surface area contributed by atoms with E-state index in [0.717, 1.165) is 17.7 Å². The lowest BCUT2D eigenvalue weighted by Crippen LogP contribution is -2.44. The summed E-state index contributed by atoms with van der Waals surface area (Å²) in [5.41, 5.74) is 1.41. The average Bonchev–Trinajstić information content (AvgIpc) is 3.09. The van der Waals surface area contributed by atoms with Gasteiger partial charge in [-0.05, 0) is 55.5 Å². The molecule has 1 unspecified atom stereocenters. The third-order valence-electron chi connectivity index (χ3n) is 6.43. The van der Waals surface area contributed by atoms with Crippen molar-refractivity contribution in [3.8, 4) is 5.75 Å². The Hall–Kier alpha value is -3.68. The van der Waals surface area contributed by atoms with E-state index in [2.05, 4.69) is 6.92 Å². The molecule has 0 spiro atoms. The number of piperidine rings is 1. The standard InChI is InChI=1S/C26H28N2O6/c1-16-10-12-27(13-11-16)23(29)17(2)34-26(32)21-14-18(8-9-22(21)33-3)15-28-24(30)19-6-4-5-7-20(19)25(28)31/h4-9,14,16-17H,10-13,15H2,1-3H3. The van der Waals surface area contributed by atoms with Crippen molar-refractivity contribution < 1.29 is 28.7 Å². The first-order chi connectivity index (χ1) is 16.3. The van der Waals surface area contributed by atoms with Crippen molar-refractivity contribution in [1.82, 2.24) is 9.80 Å². The Labute approximate surface area is 198 Å². The first-order valence-corrected chi connectivity index (χ1v) is 11.4. The summed E-state index contributed by atoms with van der Waals surface area (Å²) in [6.07, 6.45) is 0.922. The highest BCUT2D eigenvalue weighted by Crippen LogP contribution is 2.27. The van der Waals surface area contributed by atoms with E-state index < -0.39 is 12.1 Å². The van der Waals surface area contributed by atoms with E-state index in [1.165, 1.54) is 13.2 Å². The van der Waals surface area contributed by atoms with Crippen LogP contribution in [0.15, 0.2) is 42.5 Å². The van der Waals surface area contributed by atoms with E-state index in [1.807, 2.05) is 0 Å². The maximum atomic E-state index is 13.0. The van der Waals surface area contributed by atoms with Gasteiger partial charge in [-0.1, -0.05) is 25.1 Å². The summed E-state index contributed by atoms with van der Waals surface area (Å²) in [6.45, 7) is 5.03. The second-order valence-electron chi connectivity index (χ2n) is 8.83. The number of carbonyl (C=O) groups is 4. The van der Waals surface area contributed by atoms with Crippen LogP contribution in [0, 0.1) is 5.92 Å². The van der Waals surface area contributed by atoms with Gasteiger partial charge in [0.1, 0.15) is 11.3 Å². The third kappa shape index (κ3) is 4.53. The number of imide groups is 1. The summed E-state index contributed by atoms with van der Waals surface area (Å²) < 4.78 is 10.8. The molecule has 4 rings (SSSR count). The summed E-state index contributed by atoms with van der Waals surface area (Å²) in [6, 6.07) is 11.5. The first-order valence-electron chi connectivity index (χ1n) is 11.4. The quantitative estimate of drug-likeness (QED) is 0.481. The number of amides is 3. The fraction of sp³-hybridized carbons (Fsp3) is 0.385. The number of fused-ring (bicyclic) bond motifs is 1. The minimum absolute atomic E-state index is 0.00291. The Morgan fingerprint density at radius 1 is 1.03 bits per heavy atom. The van der Waals surface area contributed by atoms with Gasteiger partial charge in [0.2, 0.25) is 0 Å². The molecule has 8 heteroatoms. The van der Waals surface area contributed by atoms with Gasteiger partial charge in [-0.2, -0.15) is 0 Å². The number of carbonyl (C=O) groups excluding carboxylic acids is 4. The number of ether oxygens (including phenoxy) is 2. The number of hydrogen-bond acceptors (Lipinski definition) is 6. The summed E-state index contributed by atoms with van der Waals surface area (Å²) in [5, 5.41) is 0. The molecule has 34 heavy (non-hydrogen) atoms. The first kappa shape index (κ1) is 23.5. The minimum atomic E-state index is -0.939. The Morgan fingerprint density at radius 2 is 1.65 bits per heavy atom. The lowest BCUT2D eigenvalue weighted by Gasteiger charge is -2.32. The summed E-state index contributed by atoms with van der Waals surface area (Å²) >= 11 is 0. The predicted octanol–water partition coefficient (Wildman–Crippen LogP) is 3.30. The minimum Gasteiger partial charge on any atom is -0.496 e. The van der Waals surface area contributed by atoms with Crippen LogP contribution in [-0.4, -0.2) is 59.8 Å². The van der Waals surface area contributed by atoms with Crippen LogP contribution in [0.1, 0.15) is 63.3 Å². The normalized spacial score (nSPS) is 16.9. The highest BCUT2D eigenvalue weighted by atomic mass is 16.5. The van der Waals surface area contributed by atoms with Crippen LogP contribution in [0.4, 0.5) is 0 Å². The Morgan fingerprint density at radius 3 is 2.24 bits per heavy atom. The smallest absolute Gasteiger partial charge is 0.342 e. The Balaban J connectivity index is 1.48. The predicted molar refractivity (Wildman–Crippen MR) is 123 cm³/mol. The number of hydrogen-bond donors (Lipinski definition) is 0. The topological polar surface area (TPSA) is 93.2 Å². The Bertz CT molecular complexity index is 1100. The molecule has 1 saturated heterocycles. The summed E-state index contributed by atoms with van der Waals surface area (Å²) in [5.74, 6) is -0.821. The molecule has 178 valence electrons. The SMILES string of the molecule is COc1ccc(CN2C(=O)c3ccccc3C2=O)cc1C(=O)OC(C)C(=O)N1CCC(C)CC1. The molecule has 3 amide bonds. The van der Waals surface area contributed by atoms with E-state index in [0.29, 0.717) is 35.7 Å². The van der Waals surface area contributed by atoms with Gasteiger partial charge in [-0.3, -0.25) is 19.3 Å². The third-order valence-corrected chi connectivity index (χ3v) is 6.43. The van der Waals surface area contributed by atoms with E-state index in [4.69, 9.17) is 9.47 Å². The molecule has 0 N–H and O–H groups in total. The molecule has 0 bridgehead atoms. The zero-order valence-electron chi connectivity index (χ0n) is 19.6. The molecule has 0 saturated carbocycles. The molecule has 0 aromatic heterocycles. The number of nitrogens with zero attached hydrogens (tertiary/aromatic N) is 2. The molecule has 0 aliphatic carbocycles. The largest absolute Gasteiger partial charge is 0.496 e. The second kappa shape index (κ2) is 9.67. The van der Waals surface area contributed by atoms with E-state index in [9.17, 15) is 19.2 Å². The lowest BCUT2D eigenvalue weighted by molar-refractivity contribution is -0.141. The molecule has 2 aliphatic rings. The number of methoxy groups -OCH3 is 1. The fourth-order valence-corrected chi connectivity index (χ4v) is 4.34. The number of rotatable bonds is 6. The van der Waals surface area contributed by atoms with Gasteiger partial charge in [0, 0.05) is 13.1 Å². The van der Waals surface area contributed by atoms with Crippen molar-refractivity contribution in [2.24, 2.45) is 5.92 Å². The van der Waals surface area contributed by atoms with Crippen LogP contribution < -0.4 is 4.74 Å².